The number of nitrogens with one attached hydrogen (secondary N) is 1. The molecule has 30 heavy (non-hydrogen) atoms. The molecule has 6 heteroatoms. The van der Waals surface area contributed by atoms with Crippen LogP contribution in [0.15, 0.2) is 60.8 Å². The van der Waals surface area contributed by atoms with Gasteiger partial charge in [0.25, 0.3) is 5.91 Å². The number of ether oxygens (including phenoxy) is 1. The number of carbonyl (C=O) groups is 1. The lowest BCUT2D eigenvalue weighted by atomic mass is 10.0. The number of nitrogens with zero attached hydrogens (tertiary/aromatic N) is 2. The summed E-state index contributed by atoms with van der Waals surface area (Å²) in [5.74, 6) is 0.944. The fourth-order valence-electron chi connectivity index (χ4n) is 3.17. The normalized spacial score (nSPS) is 11.1. The predicted molar refractivity (Wildman–Crippen MR) is 122 cm³/mol. The molecule has 0 spiro atoms. The third-order valence-electron chi connectivity index (χ3n) is 4.92. The standard InChI is InChI=1S/C24H23N3O2S/c1-15(2)17-9-11-18(12-10-17)29-14-22(28)26-20-7-4-6-19(16(20)3)23-27-21-8-5-13-25-24(21)30-23/h4-13,15H,14H2,1-3H3,(H,26,28). The zero-order valence-electron chi connectivity index (χ0n) is 17.2. The molecule has 0 unspecified atom stereocenters. The Kier molecular flexibility index (Phi) is 5.77. The van der Waals surface area contributed by atoms with Crippen molar-refractivity contribution in [3.8, 4) is 16.3 Å². The zero-order chi connectivity index (χ0) is 21.1. The molecular formula is C24H23N3O2S. The van der Waals surface area contributed by atoms with Gasteiger partial charge in [-0.05, 0) is 54.3 Å². The van der Waals surface area contributed by atoms with Crippen LogP contribution in [0.3, 0.4) is 0 Å². The summed E-state index contributed by atoms with van der Waals surface area (Å²) in [7, 11) is 0. The summed E-state index contributed by atoms with van der Waals surface area (Å²) in [6.45, 7) is 6.22. The Labute approximate surface area is 179 Å². The van der Waals surface area contributed by atoms with Gasteiger partial charge in [0.15, 0.2) is 6.61 Å². The van der Waals surface area contributed by atoms with Crippen molar-refractivity contribution in [2.75, 3.05) is 11.9 Å². The Morgan fingerprint density at radius 1 is 1.10 bits per heavy atom. The van der Waals surface area contributed by atoms with Crippen LogP contribution < -0.4 is 10.1 Å². The maximum Gasteiger partial charge on any atom is 0.262 e. The molecule has 0 aliphatic rings. The van der Waals surface area contributed by atoms with Gasteiger partial charge in [-0.25, -0.2) is 9.97 Å². The molecule has 2 aromatic carbocycles. The molecule has 5 nitrogen and oxygen atoms in total. The van der Waals surface area contributed by atoms with Crippen LogP contribution in [0.5, 0.6) is 5.75 Å². The highest BCUT2D eigenvalue weighted by Gasteiger charge is 2.13. The van der Waals surface area contributed by atoms with E-state index in [9.17, 15) is 4.79 Å². The van der Waals surface area contributed by atoms with Gasteiger partial charge in [0.05, 0.1) is 0 Å². The minimum absolute atomic E-state index is 0.0459. The number of rotatable bonds is 6. The summed E-state index contributed by atoms with van der Waals surface area (Å²) in [6.07, 6.45) is 1.77. The van der Waals surface area contributed by atoms with E-state index in [4.69, 9.17) is 4.74 Å². The number of hydrogen-bond donors (Lipinski definition) is 1. The van der Waals surface area contributed by atoms with Gasteiger partial charge in [-0.1, -0.05) is 49.4 Å². The molecule has 0 aliphatic carbocycles. The molecule has 0 radical (unpaired) electrons. The van der Waals surface area contributed by atoms with E-state index in [1.54, 1.807) is 17.5 Å². The summed E-state index contributed by atoms with van der Waals surface area (Å²) in [5, 5.41) is 3.84. The first-order valence-corrected chi connectivity index (χ1v) is 10.7. The maximum absolute atomic E-state index is 12.4. The van der Waals surface area contributed by atoms with Crippen molar-refractivity contribution in [3.63, 3.8) is 0 Å². The first kappa shape index (κ1) is 20.0. The number of amides is 1. The van der Waals surface area contributed by atoms with Gasteiger partial charge in [-0.2, -0.15) is 0 Å². The van der Waals surface area contributed by atoms with Crippen LogP contribution in [0, 0.1) is 6.92 Å². The fraction of sp³-hybridized carbons (Fsp3) is 0.208. The van der Waals surface area contributed by atoms with Crippen molar-refractivity contribution in [1.82, 2.24) is 9.97 Å². The molecule has 0 fully saturated rings. The van der Waals surface area contributed by atoms with Crippen LogP contribution in [0.25, 0.3) is 20.9 Å². The topological polar surface area (TPSA) is 64.1 Å². The van der Waals surface area contributed by atoms with Crippen LogP contribution in [-0.2, 0) is 4.79 Å². The number of aromatic nitrogens is 2. The van der Waals surface area contributed by atoms with Crippen molar-refractivity contribution in [2.24, 2.45) is 0 Å². The molecular weight excluding hydrogens is 394 g/mol. The smallest absolute Gasteiger partial charge is 0.262 e. The maximum atomic E-state index is 12.4. The third-order valence-corrected chi connectivity index (χ3v) is 5.93. The second kappa shape index (κ2) is 8.63. The summed E-state index contributed by atoms with van der Waals surface area (Å²) < 4.78 is 5.64. The highest BCUT2D eigenvalue weighted by molar-refractivity contribution is 7.21. The van der Waals surface area contributed by atoms with E-state index in [1.165, 1.54) is 5.56 Å². The molecule has 0 atom stereocenters. The van der Waals surface area contributed by atoms with Crippen LogP contribution in [0.4, 0.5) is 5.69 Å². The van der Waals surface area contributed by atoms with Gasteiger partial charge in [0.2, 0.25) is 0 Å². The van der Waals surface area contributed by atoms with E-state index in [2.05, 4.69) is 29.1 Å². The average molecular weight is 418 g/mol. The lowest BCUT2D eigenvalue weighted by molar-refractivity contribution is -0.118. The summed E-state index contributed by atoms with van der Waals surface area (Å²) in [4.78, 5) is 22.4. The number of anilines is 1. The van der Waals surface area contributed by atoms with Gasteiger partial charge in [-0.15, -0.1) is 0 Å². The predicted octanol–water partition coefficient (Wildman–Crippen LogP) is 5.81. The lowest BCUT2D eigenvalue weighted by Crippen LogP contribution is -2.20. The minimum atomic E-state index is -0.200. The number of benzene rings is 2. The molecule has 0 saturated carbocycles. The quantitative estimate of drug-likeness (QED) is 0.430. The first-order chi connectivity index (χ1) is 14.5. The number of carbonyl (C=O) groups excluding carboxylic acids is 1. The largest absolute Gasteiger partial charge is 0.484 e. The number of hydrogen-bond acceptors (Lipinski definition) is 5. The van der Waals surface area contributed by atoms with Gasteiger partial charge in [0, 0.05) is 17.4 Å². The van der Waals surface area contributed by atoms with E-state index in [0.717, 1.165) is 32.2 Å². The van der Waals surface area contributed by atoms with Crippen molar-refractivity contribution in [3.05, 3.63) is 71.9 Å². The van der Waals surface area contributed by atoms with Crippen molar-refractivity contribution >= 4 is 33.3 Å². The van der Waals surface area contributed by atoms with Gasteiger partial charge in [0.1, 0.15) is 21.1 Å². The van der Waals surface area contributed by atoms with Crippen molar-refractivity contribution in [2.45, 2.75) is 26.7 Å². The fourth-order valence-corrected chi connectivity index (χ4v) is 4.16. The molecule has 1 N–H and O–H groups in total. The second-order valence-electron chi connectivity index (χ2n) is 7.39. The van der Waals surface area contributed by atoms with Gasteiger partial charge >= 0.3 is 0 Å². The Morgan fingerprint density at radius 3 is 2.63 bits per heavy atom. The van der Waals surface area contributed by atoms with Crippen molar-refractivity contribution in [1.29, 1.82) is 0 Å². The van der Waals surface area contributed by atoms with Gasteiger partial charge < -0.3 is 10.1 Å². The monoisotopic (exact) mass is 417 g/mol. The SMILES string of the molecule is Cc1c(NC(=O)COc2ccc(C(C)C)cc2)cccc1-c1nc2cccnc2s1. The molecule has 1 amide bonds. The number of thiazole rings is 1. The van der Waals surface area contributed by atoms with E-state index >= 15 is 0 Å². The Balaban J connectivity index is 1.45. The minimum Gasteiger partial charge on any atom is -0.484 e. The van der Waals surface area contributed by atoms with E-state index in [1.807, 2.05) is 61.5 Å². The summed E-state index contributed by atoms with van der Waals surface area (Å²) in [5.41, 5.74) is 4.82. The Hall–Kier alpha value is -3.25. The molecule has 0 aliphatic heterocycles. The zero-order valence-corrected chi connectivity index (χ0v) is 18.0. The molecule has 0 saturated heterocycles. The highest BCUT2D eigenvalue weighted by Crippen LogP contribution is 2.33. The molecule has 4 rings (SSSR count). The Bertz CT molecular complexity index is 1150. The van der Waals surface area contributed by atoms with E-state index < -0.39 is 0 Å². The molecule has 2 heterocycles. The first-order valence-electron chi connectivity index (χ1n) is 9.85. The molecule has 4 aromatic rings. The second-order valence-corrected chi connectivity index (χ2v) is 8.36. The molecule has 0 bridgehead atoms. The summed E-state index contributed by atoms with van der Waals surface area (Å²) >= 11 is 1.54. The highest BCUT2D eigenvalue weighted by atomic mass is 32.1. The van der Waals surface area contributed by atoms with E-state index in [-0.39, 0.29) is 12.5 Å². The Morgan fingerprint density at radius 2 is 1.90 bits per heavy atom. The van der Waals surface area contributed by atoms with Crippen LogP contribution in [0.2, 0.25) is 0 Å². The number of pyridine rings is 1. The number of fused-ring (bicyclic) bond motifs is 1. The van der Waals surface area contributed by atoms with Crippen LogP contribution in [-0.4, -0.2) is 22.5 Å². The third kappa shape index (κ3) is 4.33. The van der Waals surface area contributed by atoms with Crippen LogP contribution >= 0.6 is 11.3 Å². The van der Waals surface area contributed by atoms with E-state index in [0.29, 0.717) is 11.7 Å². The molecule has 2 aromatic heterocycles. The summed E-state index contributed by atoms with van der Waals surface area (Å²) in [6, 6.07) is 17.5. The van der Waals surface area contributed by atoms with Crippen LogP contribution in [0.1, 0.15) is 30.9 Å². The van der Waals surface area contributed by atoms with Gasteiger partial charge in [-0.3, -0.25) is 4.79 Å². The van der Waals surface area contributed by atoms with Crippen molar-refractivity contribution < 1.29 is 9.53 Å². The average Bonchev–Trinajstić information content (AvgIpc) is 3.18. The lowest BCUT2D eigenvalue weighted by Gasteiger charge is -2.12. The molecule has 152 valence electrons.